The van der Waals surface area contributed by atoms with Crippen molar-refractivity contribution in [3.05, 3.63) is 58.6 Å². The lowest BCUT2D eigenvalue weighted by molar-refractivity contribution is -0.116. The Labute approximate surface area is 200 Å². The molecule has 0 aliphatic carbocycles. The third-order valence-electron chi connectivity index (χ3n) is 6.23. The molecule has 2 heterocycles. The minimum absolute atomic E-state index is 0.0613. The standard InChI is InChI=1S/C27H34N4O3/c1-3-8-26(32)29-21-9-14-25-24(19-21)27(33)31(20(2)28-25)22-10-12-23(13-11-22)34-18-7-17-30-15-5-4-6-16-30/h9-14,19H,3-8,15-18H2,1-2H3,(H,29,32). The number of hydrogen-bond acceptors (Lipinski definition) is 5. The maximum absolute atomic E-state index is 13.3. The number of nitrogens with one attached hydrogen (secondary N) is 1. The van der Waals surface area contributed by atoms with Crippen LogP contribution in [0.3, 0.4) is 0 Å². The fourth-order valence-electron chi connectivity index (χ4n) is 4.48. The molecule has 1 N–H and O–H groups in total. The van der Waals surface area contributed by atoms with E-state index in [1.54, 1.807) is 22.8 Å². The average molecular weight is 463 g/mol. The monoisotopic (exact) mass is 462 g/mol. The summed E-state index contributed by atoms with van der Waals surface area (Å²) in [6, 6.07) is 12.8. The van der Waals surface area contributed by atoms with Crippen molar-refractivity contribution < 1.29 is 9.53 Å². The number of hydrogen-bond donors (Lipinski definition) is 1. The second kappa shape index (κ2) is 11.3. The van der Waals surface area contributed by atoms with Gasteiger partial charge in [-0.15, -0.1) is 0 Å². The van der Waals surface area contributed by atoms with Crippen molar-refractivity contribution in [3.63, 3.8) is 0 Å². The van der Waals surface area contributed by atoms with E-state index in [1.807, 2.05) is 38.1 Å². The Hall–Kier alpha value is -3.19. The van der Waals surface area contributed by atoms with Crippen LogP contribution in [0.2, 0.25) is 0 Å². The molecule has 1 aromatic heterocycles. The van der Waals surface area contributed by atoms with Crippen LogP contribution in [0.4, 0.5) is 5.69 Å². The summed E-state index contributed by atoms with van der Waals surface area (Å²) in [4.78, 5) is 32.4. The van der Waals surface area contributed by atoms with E-state index in [2.05, 4.69) is 15.2 Å². The van der Waals surface area contributed by atoms with Gasteiger partial charge in [0.05, 0.1) is 23.2 Å². The van der Waals surface area contributed by atoms with E-state index in [0.717, 1.165) is 30.8 Å². The predicted octanol–water partition coefficient (Wildman–Crippen LogP) is 4.69. The van der Waals surface area contributed by atoms with Crippen LogP contribution in [0.25, 0.3) is 16.6 Å². The minimum atomic E-state index is -0.163. The van der Waals surface area contributed by atoms with Gasteiger partial charge in [-0.2, -0.15) is 0 Å². The largest absolute Gasteiger partial charge is 0.494 e. The number of anilines is 1. The van der Waals surface area contributed by atoms with Gasteiger partial charge in [0, 0.05) is 18.7 Å². The molecule has 7 heteroatoms. The van der Waals surface area contributed by atoms with Crippen molar-refractivity contribution in [2.24, 2.45) is 0 Å². The Morgan fingerprint density at radius 2 is 1.85 bits per heavy atom. The van der Waals surface area contributed by atoms with Crippen LogP contribution in [-0.4, -0.2) is 46.6 Å². The molecule has 4 rings (SSSR count). The number of ether oxygens (including phenoxy) is 1. The van der Waals surface area contributed by atoms with Crippen molar-refractivity contribution in [3.8, 4) is 11.4 Å². The average Bonchev–Trinajstić information content (AvgIpc) is 2.84. The fourth-order valence-corrected chi connectivity index (χ4v) is 4.48. The lowest BCUT2D eigenvalue weighted by Gasteiger charge is -2.26. The first-order valence-electron chi connectivity index (χ1n) is 12.3. The van der Waals surface area contributed by atoms with Gasteiger partial charge in [-0.3, -0.25) is 14.2 Å². The smallest absolute Gasteiger partial charge is 0.266 e. The summed E-state index contributed by atoms with van der Waals surface area (Å²) in [7, 11) is 0. The molecule has 34 heavy (non-hydrogen) atoms. The molecule has 1 aliphatic rings. The first kappa shape index (κ1) is 24.0. The van der Waals surface area contributed by atoms with Crippen molar-refractivity contribution in [2.45, 2.75) is 52.4 Å². The Balaban J connectivity index is 1.46. The molecular weight excluding hydrogens is 428 g/mol. The Morgan fingerprint density at radius 3 is 2.59 bits per heavy atom. The molecule has 1 fully saturated rings. The van der Waals surface area contributed by atoms with Gasteiger partial charge in [-0.1, -0.05) is 13.3 Å². The number of likely N-dealkylation sites (tertiary alicyclic amines) is 1. The van der Waals surface area contributed by atoms with Crippen LogP contribution in [0.1, 0.15) is 51.3 Å². The fraction of sp³-hybridized carbons (Fsp3) is 0.444. The van der Waals surface area contributed by atoms with Crippen LogP contribution in [0.5, 0.6) is 5.75 Å². The summed E-state index contributed by atoms with van der Waals surface area (Å²) >= 11 is 0. The first-order valence-corrected chi connectivity index (χ1v) is 12.3. The van der Waals surface area contributed by atoms with Crippen molar-refractivity contribution in [1.82, 2.24) is 14.5 Å². The highest BCUT2D eigenvalue weighted by atomic mass is 16.5. The summed E-state index contributed by atoms with van der Waals surface area (Å²) in [5.74, 6) is 1.34. The molecule has 1 amide bonds. The number of aromatic nitrogens is 2. The van der Waals surface area contributed by atoms with Crippen molar-refractivity contribution in [1.29, 1.82) is 0 Å². The van der Waals surface area contributed by atoms with E-state index in [4.69, 9.17) is 4.74 Å². The molecule has 3 aromatic rings. The molecule has 0 atom stereocenters. The number of rotatable bonds is 9. The molecular formula is C27H34N4O3. The molecule has 1 aliphatic heterocycles. The topological polar surface area (TPSA) is 76.5 Å². The first-order chi connectivity index (χ1) is 16.5. The Bertz CT molecular complexity index is 1180. The number of piperidine rings is 1. The maximum atomic E-state index is 13.3. The quantitative estimate of drug-likeness (QED) is 0.467. The number of carbonyl (C=O) groups excluding carboxylic acids is 1. The van der Waals surface area contributed by atoms with Crippen molar-refractivity contribution >= 4 is 22.5 Å². The van der Waals surface area contributed by atoms with Gasteiger partial charge in [0.25, 0.3) is 5.56 Å². The van der Waals surface area contributed by atoms with Crippen LogP contribution in [0.15, 0.2) is 47.3 Å². The van der Waals surface area contributed by atoms with Crippen LogP contribution >= 0.6 is 0 Å². The van der Waals surface area contributed by atoms with Gasteiger partial charge in [0.1, 0.15) is 11.6 Å². The zero-order valence-electron chi connectivity index (χ0n) is 20.2. The maximum Gasteiger partial charge on any atom is 0.266 e. The summed E-state index contributed by atoms with van der Waals surface area (Å²) in [6.07, 6.45) is 6.18. The molecule has 0 unspecified atom stereocenters. The normalized spacial score (nSPS) is 14.3. The number of amides is 1. The Kier molecular flexibility index (Phi) is 7.95. The zero-order chi connectivity index (χ0) is 23.9. The van der Waals surface area contributed by atoms with E-state index in [0.29, 0.717) is 35.4 Å². The van der Waals surface area contributed by atoms with Gasteiger partial charge in [0.2, 0.25) is 5.91 Å². The molecule has 0 spiro atoms. The van der Waals surface area contributed by atoms with Gasteiger partial charge in [-0.25, -0.2) is 4.98 Å². The lowest BCUT2D eigenvalue weighted by atomic mass is 10.1. The number of fused-ring (bicyclic) bond motifs is 1. The van der Waals surface area contributed by atoms with E-state index in [9.17, 15) is 9.59 Å². The lowest BCUT2D eigenvalue weighted by Crippen LogP contribution is -2.31. The SMILES string of the molecule is CCCC(=O)Nc1ccc2nc(C)n(-c3ccc(OCCCN4CCCCC4)cc3)c(=O)c2c1. The third kappa shape index (κ3) is 5.83. The zero-order valence-corrected chi connectivity index (χ0v) is 20.2. The predicted molar refractivity (Wildman–Crippen MR) is 136 cm³/mol. The van der Waals surface area contributed by atoms with Gasteiger partial charge >= 0.3 is 0 Å². The number of aryl methyl sites for hydroxylation is 1. The van der Waals surface area contributed by atoms with E-state index in [-0.39, 0.29) is 11.5 Å². The minimum Gasteiger partial charge on any atom is -0.494 e. The number of benzene rings is 2. The molecule has 1 saturated heterocycles. The van der Waals surface area contributed by atoms with Crippen LogP contribution in [-0.2, 0) is 4.79 Å². The molecule has 0 radical (unpaired) electrons. The number of nitrogens with zero attached hydrogens (tertiary/aromatic N) is 3. The van der Waals surface area contributed by atoms with Gasteiger partial charge < -0.3 is 15.0 Å². The molecule has 7 nitrogen and oxygen atoms in total. The summed E-state index contributed by atoms with van der Waals surface area (Å²) in [5, 5.41) is 3.32. The molecule has 180 valence electrons. The summed E-state index contributed by atoms with van der Waals surface area (Å²) < 4.78 is 7.52. The summed E-state index contributed by atoms with van der Waals surface area (Å²) in [6.45, 7) is 7.94. The third-order valence-corrected chi connectivity index (χ3v) is 6.23. The van der Waals surface area contributed by atoms with Crippen LogP contribution in [0, 0.1) is 6.92 Å². The second-order valence-corrected chi connectivity index (χ2v) is 8.93. The highest BCUT2D eigenvalue weighted by molar-refractivity contribution is 5.93. The van der Waals surface area contributed by atoms with Gasteiger partial charge in [-0.05, 0) is 88.2 Å². The van der Waals surface area contributed by atoms with E-state index >= 15 is 0 Å². The highest BCUT2D eigenvalue weighted by Gasteiger charge is 2.12. The molecule has 2 aromatic carbocycles. The Morgan fingerprint density at radius 1 is 1.09 bits per heavy atom. The van der Waals surface area contributed by atoms with Crippen LogP contribution < -0.4 is 15.6 Å². The highest BCUT2D eigenvalue weighted by Crippen LogP contribution is 2.20. The summed E-state index contributed by atoms with van der Waals surface area (Å²) in [5.41, 5.74) is 1.79. The van der Waals surface area contributed by atoms with Crippen molar-refractivity contribution in [2.75, 3.05) is 31.6 Å². The van der Waals surface area contributed by atoms with E-state index < -0.39 is 0 Å². The molecule has 0 bridgehead atoms. The van der Waals surface area contributed by atoms with E-state index in [1.165, 1.54) is 32.4 Å². The number of carbonyl (C=O) groups is 1. The molecule has 0 saturated carbocycles. The second-order valence-electron chi connectivity index (χ2n) is 8.93. The van der Waals surface area contributed by atoms with Gasteiger partial charge in [0.15, 0.2) is 0 Å².